The Bertz CT molecular complexity index is 383. The second-order valence-corrected chi connectivity index (χ2v) is 4.33. The van der Waals surface area contributed by atoms with Crippen LogP contribution in [-0.2, 0) is 0 Å². The van der Waals surface area contributed by atoms with Crippen molar-refractivity contribution in [3.8, 4) is 6.07 Å². The summed E-state index contributed by atoms with van der Waals surface area (Å²) in [6.45, 7) is 2.48. The van der Waals surface area contributed by atoms with Gasteiger partial charge in [-0.25, -0.2) is 0 Å². The third kappa shape index (κ3) is 4.06. The van der Waals surface area contributed by atoms with Crippen LogP contribution in [0.15, 0.2) is 24.3 Å². The first-order chi connectivity index (χ1) is 8.04. The molecule has 0 aromatic heterocycles. The lowest BCUT2D eigenvalue weighted by Gasteiger charge is -2.25. The van der Waals surface area contributed by atoms with Gasteiger partial charge in [-0.2, -0.15) is 5.26 Å². The van der Waals surface area contributed by atoms with Crippen LogP contribution in [0.3, 0.4) is 0 Å². The number of nitrogens with zero attached hydrogens (tertiary/aromatic N) is 2. The molecule has 17 heavy (non-hydrogen) atoms. The fourth-order valence-electron chi connectivity index (χ4n) is 1.56. The molecule has 0 saturated carbocycles. The Balaban J connectivity index is 2.57. The fraction of sp³-hybridized carbons (Fsp3) is 0.462. The Labute approximate surface area is 102 Å². The van der Waals surface area contributed by atoms with Crippen LogP contribution in [0.25, 0.3) is 0 Å². The maximum atomic E-state index is 10.0. The summed E-state index contributed by atoms with van der Waals surface area (Å²) in [6.07, 6.45) is -0.0907. The highest BCUT2D eigenvalue weighted by molar-refractivity contribution is 5.39. The summed E-state index contributed by atoms with van der Waals surface area (Å²) >= 11 is 0. The van der Waals surface area contributed by atoms with E-state index in [-0.39, 0.29) is 6.04 Å². The number of hydrogen-bond donors (Lipinski definition) is 2. The molecule has 0 saturated heterocycles. The van der Waals surface area contributed by atoms with Crippen molar-refractivity contribution in [2.45, 2.75) is 25.5 Å². The number of nitriles is 1. The van der Waals surface area contributed by atoms with Crippen LogP contribution in [0.1, 0.15) is 25.0 Å². The summed E-state index contributed by atoms with van der Waals surface area (Å²) in [5.74, 6) is 0. The van der Waals surface area contributed by atoms with E-state index in [2.05, 4.69) is 6.07 Å². The van der Waals surface area contributed by atoms with Gasteiger partial charge in [0.1, 0.15) is 0 Å². The summed E-state index contributed by atoms with van der Waals surface area (Å²) in [7, 11) is 1.91. The lowest BCUT2D eigenvalue weighted by atomic mass is 10.1. The van der Waals surface area contributed by atoms with Gasteiger partial charge in [0.15, 0.2) is 0 Å². The van der Waals surface area contributed by atoms with E-state index in [4.69, 9.17) is 11.0 Å². The molecule has 0 aliphatic rings. The van der Waals surface area contributed by atoms with Crippen molar-refractivity contribution in [3.05, 3.63) is 29.8 Å². The average molecular weight is 233 g/mol. The number of rotatable bonds is 5. The number of nitrogen functional groups attached to an aromatic ring is 1. The van der Waals surface area contributed by atoms with E-state index in [0.29, 0.717) is 18.7 Å². The number of hydrogen-bond acceptors (Lipinski definition) is 4. The van der Waals surface area contributed by atoms with Gasteiger partial charge in [0, 0.05) is 18.3 Å². The quantitative estimate of drug-likeness (QED) is 0.756. The smallest absolute Gasteiger partial charge is 0.0916 e. The first kappa shape index (κ1) is 13.5. The lowest BCUT2D eigenvalue weighted by molar-refractivity contribution is 0.109. The van der Waals surface area contributed by atoms with Crippen molar-refractivity contribution in [2.75, 3.05) is 19.3 Å². The largest absolute Gasteiger partial charge is 0.399 e. The number of benzene rings is 1. The van der Waals surface area contributed by atoms with Crippen LogP contribution < -0.4 is 5.73 Å². The zero-order valence-corrected chi connectivity index (χ0v) is 10.3. The Morgan fingerprint density at radius 3 is 2.53 bits per heavy atom. The predicted octanol–water partition coefficient (Wildman–Crippen LogP) is 1.54. The van der Waals surface area contributed by atoms with E-state index in [0.717, 1.165) is 5.56 Å². The van der Waals surface area contributed by atoms with Gasteiger partial charge in [0.25, 0.3) is 0 Å². The summed E-state index contributed by atoms with van der Waals surface area (Å²) in [5.41, 5.74) is 7.12. The van der Waals surface area contributed by atoms with Gasteiger partial charge in [-0.15, -0.1) is 0 Å². The van der Waals surface area contributed by atoms with Crippen molar-refractivity contribution in [3.63, 3.8) is 0 Å². The highest BCUT2D eigenvalue weighted by Crippen LogP contribution is 2.16. The van der Waals surface area contributed by atoms with Gasteiger partial charge in [0.05, 0.1) is 18.6 Å². The van der Waals surface area contributed by atoms with Crippen molar-refractivity contribution >= 4 is 5.69 Å². The van der Waals surface area contributed by atoms with Crippen molar-refractivity contribution < 1.29 is 5.11 Å². The molecule has 0 bridgehead atoms. The van der Waals surface area contributed by atoms with Gasteiger partial charge in [-0.3, -0.25) is 4.90 Å². The maximum Gasteiger partial charge on any atom is 0.0916 e. The highest BCUT2D eigenvalue weighted by atomic mass is 16.3. The molecular formula is C13H19N3O. The Morgan fingerprint density at radius 1 is 1.41 bits per heavy atom. The molecule has 2 unspecified atom stereocenters. The van der Waals surface area contributed by atoms with E-state index >= 15 is 0 Å². The molecule has 3 N–H and O–H groups in total. The zero-order chi connectivity index (χ0) is 12.8. The van der Waals surface area contributed by atoms with Crippen LogP contribution >= 0.6 is 0 Å². The summed E-state index contributed by atoms with van der Waals surface area (Å²) in [5, 5.41) is 18.6. The number of aliphatic hydroxyl groups excluding tert-OH is 1. The molecule has 1 rings (SSSR count). The van der Waals surface area contributed by atoms with E-state index in [1.165, 1.54) is 0 Å². The second-order valence-electron chi connectivity index (χ2n) is 4.33. The molecule has 0 amide bonds. The minimum atomic E-state index is -0.554. The Hall–Kier alpha value is -1.57. The van der Waals surface area contributed by atoms with Crippen molar-refractivity contribution in [2.24, 2.45) is 0 Å². The number of aliphatic hydroxyl groups is 1. The first-order valence-electron chi connectivity index (χ1n) is 5.65. The summed E-state index contributed by atoms with van der Waals surface area (Å²) < 4.78 is 0. The maximum absolute atomic E-state index is 10.0. The van der Waals surface area contributed by atoms with E-state index in [1.807, 2.05) is 31.0 Å². The van der Waals surface area contributed by atoms with E-state index in [9.17, 15) is 5.11 Å². The third-order valence-corrected chi connectivity index (χ3v) is 2.92. The topological polar surface area (TPSA) is 73.3 Å². The molecule has 0 radical (unpaired) electrons. The molecular weight excluding hydrogens is 214 g/mol. The van der Waals surface area contributed by atoms with Gasteiger partial charge in [0.2, 0.25) is 0 Å². The molecule has 92 valence electrons. The van der Waals surface area contributed by atoms with Crippen LogP contribution in [0.5, 0.6) is 0 Å². The normalized spacial score (nSPS) is 14.3. The fourth-order valence-corrected chi connectivity index (χ4v) is 1.56. The molecule has 0 aliphatic heterocycles. The number of likely N-dealkylation sites (N-methyl/N-ethyl adjacent to an activating group) is 1. The molecule has 2 atom stereocenters. The SMILES string of the molecule is CC(CC#N)N(C)CC(O)c1ccc(N)cc1. The monoisotopic (exact) mass is 233 g/mol. The molecule has 1 aromatic carbocycles. The standard InChI is InChI=1S/C13H19N3O/c1-10(7-8-14)16(2)9-13(17)11-3-5-12(15)6-4-11/h3-6,10,13,17H,7,9,15H2,1-2H3. The van der Waals surface area contributed by atoms with Gasteiger partial charge in [-0.05, 0) is 31.7 Å². The number of nitrogens with two attached hydrogens (primary N) is 1. The van der Waals surface area contributed by atoms with E-state index < -0.39 is 6.10 Å². The zero-order valence-electron chi connectivity index (χ0n) is 10.3. The van der Waals surface area contributed by atoms with Crippen molar-refractivity contribution in [1.82, 2.24) is 4.90 Å². The molecule has 0 aliphatic carbocycles. The molecule has 4 nitrogen and oxygen atoms in total. The summed E-state index contributed by atoms with van der Waals surface area (Å²) in [6, 6.07) is 9.47. The lowest BCUT2D eigenvalue weighted by Crippen LogP contribution is -2.32. The Morgan fingerprint density at radius 2 is 2.00 bits per heavy atom. The molecule has 1 aromatic rings. The van der Waals surface area contributed by atoms with Crippen LogP contribution in [0, 0.1) is 11.3 Å². The van der Waals surface area contributed by atoms with Crippen LogP contribution in [-0.4, -0.2) is 29.6 Å². The van der Waals surface area contributed by atoms with Crippen LogP contribution in [0.4, 0.5) is 5.69 Å². The molecule has 0 spiro atoms. The molecule has 0 fully saturated rings. The van der Waals surface area contributed by atoms with Gasteiger partial charge >= 0.3 is 0 Å². The molecule has 4 heteroatoms. The minimum Gasteiger partial charge on any atom is -0.399 e. The third-order valence-electron chi connectivity index (χ3n) is 2.92. The highest BCUT2D eigenvalue weighted by Gasteiger charge is 2.14. The summed E-state index contributed by atoms with van der Waals surface area (Å²) in [4.78, 5) is 1.98. The van der Waals surface area contributed by atoms with Crippen molar-refractivity contribution in [1.29, 1.82) is 5.26 Å². The second kappa shape index (κ2) is 6.24. The number of anilines is 1. The first-order valence-corrected chi connectivity index (χ1v) is 5.65. The van der Waals surface area contributed by atoms with Crippen LogP contribution in [0.2, 0.25) is 0 Å². The van der Waals surface area contributed by atoms with E-state index in [1.54, 1.807) is 12.1 Å². The molecule has 0 heterocycles. The predicted molar refractivity (Wildman–Crippen MR) is 68.1 cm³/mol. The van der Waals surface area contributed by atoms with Gasteiger partial charge < -0.3 is 10.8 Å². The minimum absolute atomic E-state index is 0.142. The van der Waals surface area contributed by atoms with Gasteiger partial charge in [-0.1, -0.05) is 12.1 Å². The average Bonchev–Trinajstić information content (AvgIpc) is 2.30. The Kier molecular flexibility index (Phi) is 4.95.